The Morgan fingerprint density at radius 1 is 1.42 bits per heavy atom. The summed E-state index contributed by atoms with van der Waals surface area (Å²) in [7, 11) is 0. The van der Waals surface area contributed by atoms with Gasteiger partial charge in [0.25, 0.3) is 0 Å². The highest BCUT2D eigenvalue weighted by molar-refractivity contribution is 6.29. The van der Waals surface area contributed by atoms with Gasteiger partial charge in [0.15, 0.2) is 0 Å². The van der Waals surface area contributed by atoms with E-state index in [0.717, 1.165) is 0 Å². The molecule has 1 aliphatic heterocycles. The molecule has 0 aromatic rings. The molecule has 0 spiro atoms. The molecule has 24 heavy (non-hydrogen) atoms. The van der Waals surface area contributed by atoms with Crippen molar-refractivity contribution >= 4 is 17.7 Å². The highest BCUT2D eigenvalue weighted by Gasteiger charge is 2.25. The Hall–Kier alpha value is -2.04. The van der Waals surface area contributed by atoms with Crippen molar-refractivity contribution in [1.82, 2.24) is 4.90 Å². The smallest absolute Gasteiger partial charge is 0.410 e. The van der Waals surface area contributed by atoms with E-state index in [-0.39, 0.29) is 23.2 Å². The Morgan fingerprint density at radius 3 is 2.33 bits per heavy atom. The number of nitrogens with two attached hydrogens (primary N) is 3. The maximum Gasteiger partial charge on any atom is 0.410 e. The topological polar surface area (TPSA) is 117 Å². The van der Waals surface area contributed by atoms with E-state index in [1.807, 2.05) is 27.7 Å². The van der Waals surface area contributed by atoms with Crippen molar-refractivity contribution in [2.75, 3.05) is 19.7 Å². The van der Waals surface area contributed by atoms with Gasteiger partial charge in [0.2, 0.25) is 0 Å². The van der Waals surface area contributed by atoms with Crippen LogP contribution in [0.3, 0.4) is 0 Å². The predicted molar refractivity (Wildman–Crippen MR) is 95.6 cm³/mol. The maximum absolute atomic E-state index is 11.6. The van der Waals surface area contributed by atoms with Crippen LogP contribution >= 0.6 is 11.6 Å². The zero-order valence-electron chi connectivity index (χ0n) is 14.6. The van der Waals surface area contributed by atoms with Crippen molar-refractivity contribution < 1.29 is 14.3 Å². The third-order valence-corrected chi connectivity index (χ3v) is 2.75. The fraction of sp³-hybridized carbons (Fsp3) is 0.562. The first kappa shape index (κ1) is 22.0. The van der Waals surface area contributed by atoms with Gasteiger partial charge < -0.3 is 31.6 Å². The summed E-state index contributed by atoms with van der Waals surface area (Å²) in [5.74, 6) is 2.26. The molecule has 136 valence electrons. The summed E-state index contributed by atoms with van der Waals surface area (Å²) in [6, 6.07) is 0. The second kappa shape index (κ2) is 9.96. The van der Waals surface area contributed by atoms with Crippen LogP contribution in [0.4, 0.5) is 4.79 Å². The molecule has 1 fully saturated rings. The molecule has 0 radical (unpaired) electrons. The first-order valence-electron chi connectivity index (χ1n) is 7.40. The summed E-state index contributed by atoms with van der Waals surface area (Å²) < 4.78 is 10.6. The number of terminal acetylenes is 1. The minimum atomic E-state index is -0.418. The monoisotopic (exact) mass is 358 g/mol. The minimum absolute atomic E-state index is 0.0334. The van der Waals surface area contributed by atoms with Crippen LogP contribution in [0, 0.1) is 12.3 Å². The van der Waals surface area contributed by atoms with Crippen molar-refractivity contribution in [3.8, 4) is 12.3 Å². The highest BCUT2D eigenvalue weighted by atomic mass is 35.5. The fourth-order valence-electron chi connectivity index (χ4n) is 1.66. The number of carbonyl (C=O) groups is 1. The van der Waals surface area contributed by atoms with Gasteiger partial charge in [0, 0.05) is 6.54 Å². The molecular weight excluding hydrogens is 332 g/mol. The van der Waals surface area contributed by atoms with Gasteiger partial charge in [-0.25, -0.2) is 4.79 Å². The van der Waals surface area contributed by atoms with E-state index in [0.29, 0.717) is 25.3 Å². The number of hydrogen-bond donors (Lipinski definition) is 3. The third-order valence-electron chi connectivity index (χ3n) is 2.64. The van der Waals surface area contributed by atoms with Crippen LogP contribution in [0.25, 0.3) is 0 Å². The normalized spacial score (nSPS) is 17.9. The second-order valence-electron chi connectivity index (χ2n) is 6.15. The van der Waals surface area contributed by atoms with E-state index in [4.69, 9.17) is 44.7 Å². The van der Waals surface area contributed by atoms with Crippen molar-refractivity contribution in [3.05, 3.63) is 22.6 Å². The standard InChI is InChI=1S/C10H19NO3.C6H8ClN3/c1-8-7-11(5-6-13-8)9(12)14-10(2,3)4;1-2-4(6(9)10)3-5(7)8/h8H,5-7H2,1-4H3;1,3H,8-10H2/b;5-3-. The molecule has 1 atom stereocenters. The summed E-state index contributed by atoms with van der Waals surface area (Å²) >= 11 is 5.29. The molecular formula is C16H27ClN4O3. The molecule has 1 unspecified atom stereocenters. The molecule has 1 amide bonds. The number of nitrogens with zero attached hydrogens (tertiary/aromatic N) is 1. The molecule has 1 aliphatic rings. The Kier molecular flexibility index (Phi) is 9.11. The average molecular weight is 359 g/mol. The van der Waals surface area contributed by atoms with Crippen LogP contribution in [-0.2, 0) is 9.47 Å². The molecule has 0 aromatic heterocycles. The van der Waals surface area contributed by atoms with Gasteiger partial charge in [0.05, 0.1) is 24.8 Å². The number of morpholine rings is 1. The van der Waals surface area contributed by atoms with Crippen LogP contribution in [0.1, 0.15) is 27.7 Å². The Labute approximate surface area is 148 Å². The first-order valence-corrected chi connectivity index (χ1v) is 7.78. The number of amides is 1. The molecule has 7 nitrogen and oxygen atoms in total. The largest absolute Gasteiger partial charge is 0.444 e. The third kappa shape index (κ3) is 9.87. The molecule has 0 bridgehead atoms. The van der Waals surface area contributed by atoms with Gasteiger partial charge in [-0.3, -0.25) is 0 Å². The lowest BCUT2D eigenvalue weighted by molar-refractivity contribution is -0.0353. The van der Waals surface area contributed by atoms with Crippen molar-refractivity contribution in [2.45, 2.75) is 39.4 Å². The van der Waals surface area contributed by atoms with Crippen LogP contribution in [-0.4, -0.2) is 42.4 Å². The fourth-order valence-corrected chi connectivity index (χ4v) is 1.77. The van der Waals surface area contributed by atoms with Crippen LogP contribution in [0.5, 0.6) is 0 Å². The van der Waals surface area contributed by atoms with Gasteiger partial charge in [-0.15, -0.1) is 6.42 Å². The summed E-state index contributed by atoms with van der Waals surface area (Å²) in [5, 5.41) is 0.0568. The van der Waals surface area contributed by atoms with Crippen LogP contribution < -0.4 is 17.2 Å². The number of carbonyl (C=O) groups excluding carboxylic acids is 1. The van der Waals surface area contributed by atoms with Gasteiger partial charge in [-0.1, -0.05) is 17.5 Å². The molecule has 0 saturated carbocycles. The summed E-state index contributed by atoms with van der Waals surface area (Å²) in [6.07, 6.45) is 6.18. The Morgan fingerprint density at radius 2 is 2.00 bits per heavy atom. The molecule has 0 aliphatic carbocycles. The molecule has 8 heteroatoms. The molecule has 6 N–H and O–H groups in total. The predicted octanol–water partition coefficient (Wildman–Crippen LogP) is 1.43. The lowest BCUT2D eigenvalue weighted by atomic mass is 10.2. The lowest BCUT2D eigenvalue weighted by Crippen LogP contribution is -2.46. The van der Waals surface area contributed by atoms with E-state index in [2.05, 4.69) is 5.92 Å². The number of hydrogen-bond acceptors (Lipinski definition) is 6. The summed E-state index contributed by atoms with van der Waals surface area (Å²) in [5.41, 5.74) is 15.3. The molecule has 1 saturated heterocycles. The van der Waals surface area contributed by atoms with Crippen molar-refractivity contribution in [2.24, 2.45) is 17.2 Å². The van der Waals surface area contributed by atoms with E-state index >= 15 is 0 Å². The quantitative estimate of drug-likeness (QED) is 0.371. The van der Waals surface area contributed by atoms with Gasteiger partial charge in [0.1, 0.15) is 16.6 Å². The van der Waals surface area contributed by atoms with E-state index < -0.39 is 5.60 Å². The lowest BCUT2D eigenvalue weighted by Gasteiger charge is -2.32. The number of ether oxygens (including phenoxy) is 2. The van der Waals surface area contributed by atoms with E-state index in [9.17, 15) is 4.79 Å². The highest BCUT2D eigenvalue weighted by Crippen LogP contribution is 2.12. The number of halogens is 1. The van der Waals surface area contributed by atoms with Crippen molar-refractivity contribution in [3.63, 3.8) is 0 Å². The van der Waals surface area contributed by atoms with Crippen LogP contribution in [0.2, 0.25) is 0 Å². The second-order valence-corrected chi connectivity index (χ2v) is 6.59. The molecule has 0 aromatic carbocycles. The van der Waals surface area contributed by atoms with Crippen LogP contribution in [0.15, 0.2) is 22.6 Å². The number of rotatable bonds is 1. The Balaban J connectivity index is 0.000000470. The van der Waals surface area contributed by atoms with Gasteiger partial charge in [-0.2, -0.15) is 0 Å². The molecule has 1 rings (SSSR count). The maximum atomic E-state index is 11.6. The molecule has 1 heterocycles. The van der Waals surface area contributed by atoms with Crippen molar-refractivity contribution in [1.29, 1.82) is 0 Å². The van der Waals surface area contributed by atoms with E-state index in [1.165, 1.54) is 6.08 Å². The first-order chi connectivity index (χ1) is 11.0. The number of allylic oxidation sites excluding steroid dienone is 2. The minimum Gasteiger partial charge on any atom is -0.444 e. The van der Waals surface area contributed by atoms with E-state index in [1.54, 1.807) is 4.90 Å². The zero-order chi connectivity index (χ0) is 18.9. The van der Waals surface area contributed by atoms with Gasteiger partial charge in [-0.05, 0) is 33.8 Å². The summed E-state index contributed by atoms with van der Waals surface area (Å²) in [6.45, 7) is 9.41. The average Bonchev–Trinajstić information content (AvgIpc) is 2.43. The Bertz CT molecular complexity index is 524. The summed E-state index contributed by atoms with van der Waals surface area (Å²) in [4.78, 5) is 13.3. The van der Waals surface area contributed by atoms with Gasteiger partial charge >= 0.3 is 6.09 Å². The zero-order valence-corrected chi connectivity index (χ0v) is 15.4. The SMILES string of the molecule is C#CC(/C=C(\N)Cl)=C(N)N.CC1CN(C(=O)OC(C)(C)C)CCO1.